The minimum absolute atomic E-state index is 0.0255. The number of ether oxygens (including phenoxy) is 2. The van der Waals surface area contributed by atoms with Crippen LogP contribution in [0.25, 0.3) is 28.0 Å². The minimum Gasteiger partial charge on any atom is -0.497 e. The van der Waals surface area contributed by atoms with E-state index in [1.54, 1.807) is 26.4 Å². The molecule has 1 atom stereocenters. The molecule has 1 N–H and O–H groups in total. The van der Waals surface area contributed by atoms with Gasteiger partial charge in [-0.3, -0.25) is 0 Å². The summed E-state index contributed by atoms with van der Waals surface area (Å²) in [5, 5.41) is 14.9. The molecule has 0 bridgehead atoms. The first-order valence-electron chi connectivity index (χ1n) is 11.8. The van der Waals surface area contributed by atoms with Crippen molar-refractivity contribution in [3.8, 4) is 28.1 Å². The summed E-state index contributed by atoms with van der Waals surface area (Å²) in [6.07, 6.45) is 1.92. The lowest BCUT2D eigenvalue weighted by molar-refractivity contribution is 0.181. The molecule has 3 heterocycles. The fourth-order valence-corrected chi connectivity index (χ4v) is 4.78. The Morgan fingerprint density at radius 3 is 2.46 bits per heavy atom. The predicted molar refractivity (Wildman–Crippen MR) is 133 cm³/mol. The van der Waals surface area contributed by atoms with Crippen LogP contribution in [0.15, 0.2) is 54.6 Å². The standard InChI is InChI=1S/C27H29FN4O3/c1-34-17-23-26(20-9-11-22(35-2)12-10-20)27-29-25(31-13-3-4-21(31)16-33)14-24(32(27)30-23)19-7-5-18(15-28)6-8-19/h5-12,14,21,33H,3-4,13,15-17H2,1-2H3/t21-/m1/s1. The van der Waals surface area contributed by atoms with Gasteiger partial charge < -0.3 is 19.5 Å². The third kappa shape index (κ3) is 4.35. The predicted octanol–water partition coefficient (Wildman–Crippen LogP) is 4.65. The Bertz CT molecular complexity index is 1310. The van der Waals surface area contributed by atoms with Crippen molar-refractivity contribution in [1.82, 2.24) is 14.6 Å². The van der Waals surface area contributed by atoms with Gasteiger partial charge in [-0.2, -0.15) is 5.10 Å². The Kier molecular flexibility index (Phi) is 6.66. The van der Waals surface area contributed by atoms with Crippen LogP contribution in [0, 0.1) is 0 Å². The number of alkyl halides is 1. The fraction of sp³-hybridized carbons (Fsp3) is 0.333. The largest absolute Gasteiger partial charge is 0.497 e. The van der Waals surface area contributed by atoms with Crippen LogP contribution in [0.5, 0.6) is 5.75 Å². The van der Waals surface area contributed by atoms with Crippen LogP contribution >= 0.6 is 0 Å². The van der Waals surface area contributed by atoms with Gasteiger partial charge in [-0.15, -0.1) is 0 Å². The number of hydrogen-bond acceptors (Lipinski definition) is 6. The second-order valence-electron chi connectivity index (χ2n) is 8.72. The Morgan fingerprint density at radius 2 is 1.80 bits per heavy atom. The van der Waals surface area contributed by atoms with Gasteiger partial charge in [0.1, 0.15) is 18.2 Å². The fourth-order valence-electron chi connectivity index (χ4n) is 4.78. The first-order valence-corrected chi connectivity index (χ1v) is 11.8. The molecule has 35 heavy (non-hydrogen) atoms. The Labute approximate surface area is 203 Å². The Morgan fingerprint density at radius 1 is 1.06 bits per heavy atom. The highest BCUT2D eigenvalue weighted by Gasteiger charge is 2.28. The molecule has 1 fully saturated rings. The smallest absolute Gasteiger partial charge is 0.166 e. The van der Waals surface area contributed by atoms with Crippen molar-refractivity contribution in [2.75, 3.05) is 32.3 Å². The minimum atomic E-state index is -0.509. The molecule has 182 valence electrons. The van der Waals surface area contributed by atoms with Gasteiger partial charge >= 0.3 is 0 Å². The topological polar surface area (TPSA) is 72.1 Å². The third-order valence-corrected chi connectivity index (χ3v) is 6.59. The lowest BCUT2D eigenvalue weighted by atomic mass is 10.1. The second kappa shape index (κ2) is 10.0. The summed E-state index contributed by atoms with van der Waals surface area (Å²) in [7, 11) is 3.29. The van der Waals surface area contributed by atoms with E-state index in [4.69, 9.17) is 19.6 Å². The van der Waals surface area contributed by atoms with Gasteiger partial charge in [0.25, 0.3) is 0 Å². The van der Waals surface area contributed by atoms with Crippen molar-refractivity contribution >= 4 is 11.5 Å². The van der Waals surface area contributed by atoms with Gasteiger partial charge in [-0.05, 0) is 36.1 Å². The zero-order valence-corrected chi connectivity index (χ0v) is 19.9. The second-order valence-corrected chi connectivity index (χ2v) is 8.72. The molecule has 0 saturated carbocycles. The zero-order chi connectivity index (χ0) is 24.4. The molecule has 1 aliphatic rings. The number of aromatic nitrogens is 3. The molecule has 7 nitrogen and oxygen atoms in total. The highest BCUT2D eigenvalue weighted by atomic mass is 19.1. The third-order valence-electron chi connectivity index (χ3n) is 6.59. The summed E-state index contributed by atoms with van der Waals surface area (Å²) in [5.41, 5.74) is 5.68. The maximum atomic E-state index is 13.2. The van der Waals surface area contributed by atoms with E-state index >= 15 is 0 Å². The summed E-state index contributed by atoms with van der Waals surface area (Å²) in [6.45, 7) is 0.715. The van der Waals surface area contributed by atoms with E-state index in [0.29, 0.717) is 17.8 Å². The van der Waals surface area contributed by atoms with E-state index in [0.717, 1.165) is 59.0 Å². The number of fused-ring (bicyclic) bond motifs is 1. The van der Waals surface area contributed by atoms with Crippen molar-refractivity contribution in [2.24, 2.45) is 0 Å². The molecule has 0 amide bonds. The van der Waals surface area contributed by atoms with Crippen LogP contribution in [-0.4, -0.2) is 53.1 Å². The summed E-state index contributed by atoms with van der Waals surface area (Å²) in [5.74, 6) is 1.56. The van der Waals surface area contributed by atoms with Gasteiger partial charge in [0.05, 0.1) is 43.3 Å². The monoisotopic (exact) mass is 476 g/mol. The van der Waals surface area contributed by atoms with Crippen LogP contribution in [0.3, 0.4) is 0 Å². The molecule has 8 heteroatoms. The quantitative estimate of drug-likeness (QED) is 0.399. The van der Waals surface area contributed by atoms with E-state index in [1.165, 1.54) is 0 Å². The molecule has 2 aromatic carbocycles. The highest BCUT2D eigenvalue weighted by molar-refractivity contribution is 5.83. The first-order chi connectivity index (χ1) is 17.2. The van der Waals surface area contributed by atoms with Gasteiger partial charge in [-0.1, -0.05) is 36.4 Å². The lowest BCUT2D eigenvalue weighted by Crippen LogP contribution is -2.32. The number of methoxy groups -OCH3 is 2. The molecular weight excluding hydrogens is 447 g/mol. The first kappa shape index (κ1) is 23.3. The van der Waals surface area contributed by atoms with Crippen LogP contribution in [0.4, 0.5) is 10.2 Å². The number of halogens is 1. The van der Waals surface area contributed by atoms with E-state index in [2.05, 4.69) is 4.90 Å². The van der Waals surface area contributed by atoms with E-state index in [-0.39, 0.29) is 12.6 Å². The molecule has 0 aliphatic carbocycles. The molecule has 0 spiro atoms. The number of aliphatic hydroxyl groups is 1. The molecule has 4 aromatic rings. The molecule has 0 radical (unpaired) electrons. The van der Waals surface area contributed by atoms with Crippen LogP contribution in [0.2, 0.25) is 0 Å². The number of hydrogen-bond donors (Lipinski definition) is 1. The van der Waals surface area contributed by atoms with E-state index in [1.807, 2.05) is 47.0 Å². The molecule has 1 saturated heterocycles. The van der Waals surface area contributed by atoms with Crippen molar-refractivity contribution in [1.29, 1.82) is 0 Å². The Balaban J connectivity index is 1.76. The molecule has 1 aliphatic heterocycles. The van der Waals surface area contributed by atoms with Gasteiger partial charge in [-0.25, -0.2) is 13.9 Å². The lowest BCUT2D eigenvalue weighted by Gasteiger charge is -2.25. The average Bonchev–Trinajstić information content (AvgIpc) is 3.53. The van der Waals surface area contributed by atoms with Crippen molar-refractivity contribution in [3.05, 3.63) is 65.9 Å². The SMILES string of the molecule is COCc1nn2c(-c3ccc(CF)cc3)cc(N3CCC[C@@H]3CO)nc2c1-c1ccc(OC)cc1. The summed E-state index contributed by atoms with van der Waals surface area (Å²) >= 11 is 0. The number of rotatable bonds is 8. The average molecular weight is 477 g/mol. The molecule has 5 rings (SSSR count). The zero-order valence-electron chi connectivity index (χ0n) is 19.9. The van der Waals surface area contributed by atoms with E-state index < -0.39 is 6.67 Å². The highest BCUT2D eigenvalue weighted by Crippen LogP contribution is 2.35. The summed E-state index contributed by atoms with van der Waals surface area (Å²) < 4.78 is 25.8. The molecule has 0 unspecified atom stereocenters. The van der Waals surface area contributed by atoms with Crippen LogP contribution < -0.4 is 9.64 Å². The van der Waals surface area contributed by atoms with Crippen molar-refractivity contribution in [3.63, 3.8) is 0 Å². The van der Waals surface area contributed by atoms with Gasteiger partial charge in [0.2, 0.25) is 0 Å². The Hall–Kier alpha value is -3.49. The van der Waals surface area contributed by atoms with Gasteiger partial charge in [0.15, 0.2) is 5.65 Å². The van der Waals surface area contributed by atoms with Crippen molar-refractivity contribution in [2.45, 2.75) is 32.2 Å². The number of anilines is 1. The molecule has 2 aromatic heterocycles. The number of benzene rings is 2. The van der Waals surface area contributed by atoms with Crippen molar-refractivity contribution < 1.29 is 19.0 Å². The normalized spacial score (nSPS) is 15.8. The number of aliphatic hydroxyl groups excluding tert-OH is 1. The van der Waals surface area contributed by atoms with Crippen LogP contribution in [-0.2, 0) is 18.0 Å². The summed E-state index contributed by atoms with van der Waals surface area (Å²) in [6, 6.07) is 17.2. The van der Waals surface area contributed by atoms with Gasteiger partial charge in [0, 0.05) is 25.3 Å². The summed E-state index contributed by atoms with van der Waals surface area (Å²) in [4.78, 5) is 7.23. The maximum Gasteiger partial charge on any atom is 0.166 e. The number of nitrogens with zero attached hydrogens (tertiary/aromatic N) is 4. The van der Waals surface area contributed by atoms with Crippen LogP contribution in [0.1, 0.15) is 24.1 Å². The molecular formula is C27H29FN4O3. The maximum absolute atomic E-state index is 13.2. The van der Waals surface area contributed by atoms with E-state index in [9.17, 15) is 9.50 Å².